The fraction of sp³-hybridized carbons (Fsp3) is 0.700. The summed E-state index contributed by atoms with van der Waals surface area (Å²) in [6.45, 7) is 18.4. The molecule has 0 heterocycles. The zero-order chi connectivity index (χ0) is 21.0. The minimum Gasteiger partial charge on any atom is -0.444 e. The van der Waals surface area contributed by atoms with Crippen LogP contribution in [-0.2, 0) is 9.47 Å². The number of hydrogen-bond acceptors (Lipinski definition) is 4. The second-order valence-corrected chi connectivity index (χ2v) is 7.67. The van der Waals surface area contributed by atoms with Crippen molar-refractivity contribution in [2.45, 2.75) is 91.5 Å². The maximum atomic E-state index is 11.2. The molecule has 0 aliphatic heterocycles. The van der Waals surface area contributed by atoms with E-state index in [0.29, 0.717) is 6.42 Å². The van der Waals surface area contributed by atoms with Crippen LogP contribution in [0.5, 0.6) is 0 Å². The first kappa shape index (κ1) is 26.1. The highest BCUT2D eigenvalue weighted by molar-refractivity contribution is 5.68. The molecule has 0 saturated carbocycles. The predicted molar refractivity (Wildman–Crippen MR) is 108 cm³/mol. The standard InChI is InChI=1S/C10H19NO2.C10H17NO2.H2/c2*1-6-8(7-2)11-9(12)13-10(3,4)5;/h6,8H,1,7H2,2-5H3,(H,11,12);1,8H,7H2,2-5H3,(H,11,12);1H/t2*8-;/m00./s1. The first-order chi connectivity index (χ1) is 11.8. The van der Waals surface area contributed by atoms with Crippen LogP contribution in [0, 0.1) is 12.3 Å². The molecule has 0 bridgehead atoms. The molecule has 0 aromatic rings. The van der Waals surface area contributed by atoms with Gasteiger partial charge in [0.15, 0.2) is 0 Å². The van der Waals surface area contributed by atoms with Crippen molar-refractivity contribution in [3.8, 4) is 12.3 Å². The summed E-state index contributed by atoms with van der Waals surface area (Å²) < 4.78 is 10.1. The first-order valence-corrected chi connectivity index (χ1v) is 8.85. The number of terminal acetylenes is 1. The van der Waals surface area contributed by atoms with Crippen molar-refractivity contribution in [3.63, 3.8) is 0 Å². The highest BCUT2D eigenvalue weighted by Gasteiger charge is 2.18. The van der Waals surface area contributed by atoms with Gasteiger partial charge in [-0.05, 0) is 54.4 Å². The third-order valence-electron chi connectivity index (χ3n) is 2.73. The van der Waals surface area contributed by atoms with Crippen molar-refractivity contribution in [1.29, 1.82) is 0 Å². The van der Waals surface area contributed by atoms with Crippen molar-refractivity contribution in [2.24, 2.45) is 0 Å². The number of rotatable bonds is 5. The molecular formula is C20H38N2O4. The van der Waals surface area contributed by atoms with Gasteiger partial charge in [-0.1, -0.05) is 25.8 Å². The van der Waals surface area contributed by atoms with Crippen LogP contribution in [-0.4, -0.2) is 35.5 Å². The lowest BCUT2D eigenvalue weighted by molar-refractivity contribution is 0.0502. The van der Waals surface area contributed by atoms with Gasteiger partial charge in [0.1, 0.15) is 11.2 Å². The summed E-state index contributed by atoms with van der Waals surface area (Å²) in [6, 6.07) is -0.246. The molecule has 2 atom stereocenters. The van der Waals surface area contributed by atoms with Gasteiger partial charge in [0.05, 0.1) is 6.04 Å². The van der Waals surface area contributed by atoms with E-state index < -0.39 is 17.3 Å². The normalized spacial score (nSPS) is 13.0. The Balaban J connectivity index is -0.000000411. The summed E-state index contributed by atoms with van der Waals surface area (Å²) in [5.74, 6) is 2.46. The van der Waals surface area contributed by atoms with Crippen LogP contribution in [0.4, 0.5) is 9.59 Å². The number of carbonyl (C=O) groups excluding carboxylic acids is 2. The average molecular weight is 371 g/mol. The Morgan fingerprint density at radius 2 is 1.46 bits per heavy atom. The molecule has 152 valence electrons. The second-order valence-electron chi connectivity index (χ2n) is 7.67. The maximum Gasteiger partial charge on any atom is 0.408 e. The molecule has 0 radical (unpaired) electrons. The van der Waals surface area contributed by atoms with E-state index in [9.17, 15) is 9.59 Å². The summed E-state index contributed by atoms with van der Waals surface area (Å²) in [5.41, 5.74) is -0.916. The average Bonchev–Trinajstić information content (AvgIpc) is 2.47. The summed E-state index contributed by atoms with van der Waals surface area (Å²) >= 11 is 0. The fourth-order valence-electron chi connectivity index (χ4n) is 1.50. The van der Waals surface area contributed by atoms with E-state index in [1.165, 1.54) is 0 Å². The van der Waals surface area contributed by atoms with Gasteiger partial charge in [-0.25, -0.2) is 9.59 Å². The molecule has 0 saturated heterocycles. The van der Waals surface area contributed by atoms with Crippen LogP contribution in [0.1, 0.15) is 69.7 Å². The Morgan fingerprint density at radius 3 is 1.73 bits per heavy atom. The van der Waals surface area contributed by atoms with Gasteiger partial charge in [-0.2, -0.15) is 0 Å². The van der Waals surface area contributed by atoms with Crippen LogP contribution in [0.3, 0.4) is 0 Å². The third kappa shape index (κ3) is 16.7. The monoisotopic (exact) mass is 370 g/mol. The molecule has 2 amide bonds. The first-order valence-electron chi connectivity index (χ1n) is 8.85. The van der Waals surface area contributed by atoms with Gasteiger partial charge in [-0.15, -0.1) is 13.0 Å². The zero-order valence-corrected chi connectivity index (χ0v) is 17.6. The van der Waals surface area contributed by atoms with E-state index in [1.807, 2.05) is 55.4 Å². The van der Waals surface area contributed by atoms with Crippen LogP contribution in [0.2, 0.25) is 0 Å². The van der Waals surface area contributed by atoms with Crippen LogP contribution in [0.25, 0.3) is 0 Å². The van der Waals surface area contributed by atoms with E-state index in [4.69, 9.17) is 15.9 Å². The molecule has 0 aliphatic rings. The summed E-state index contributed by atoms with van der Waals surface area (Å²) in [4.78, 5) is 22.4. The number of ether oxygens (including phenoxy) is 2. The van der Waals surface area contributed by atoms with E-state index in [2.05, 4.69) is 23.1 Å². The molecule has 0 aromatic heterocycles. The lowest BCUT2D eigenvalue weighted by Gasteiger charge is -2.21. The third-order valence-corrected chi connectivity index (χ3v) is 2.73. The van der Waals surface area contributed by atoms with Crippen molar-refractivity contribution in [1.82, 2.24) is 10.6 Å². The van der Waals surface area contributed by atoms with E-state index in [-0.39, 0.29) is 19.6 Å². The zero-order valence-electron chi connectivity index (χ0n) is 17.6. The molecule has 0 aromatic carbocycles. The van der Waals surface area contributed by atoms with Crippen LogP contribution in [0.15, 0.2) is 12.7 Å². The molecule has 0 aliphatic carbocycles. The fourth-order valence-corrected chi connectivity index (χ4v) is 1.50. The topological polar surface area (TPSA) is 76.7 Å². The quantitative estimate of drug-likeness (QED) is 0.546. The van der Waals surface area contributed by atoms with E-state index in [1.54, 1.807) is 6.08 Å². The molecule has 0 fully saturated rings. The van der Waals surface area contributed by atoms with Crippen LogP contribution < -0.4 is 10.6 Å². The molecular weight excluding hydrogens is 332 g/mol. The Hall–Kier alpha value is -2.16. The number of carbonyl (C=O) groups is 2. The molecule has 26 heavy (non-hydrogen) atoms. The SMILES string of the molecule is C#C[C@@H](CC)NC(=O)OC(C)(C)C.C=C[C@@H](CC)NC(=O)OC(C)(C)C.[HH]. The lowest BCUT2D eigenvalue weighted by atomic mass is 10.2. The molecule has 2 N–H and O–H groups in total. The van der Waals surface area contributed by atoms with Crippen molar-refractivity contribution < 1.29 is 20.5 Å². The highest BCUT2D eigenvalue weighted by Crippen LogP contribution is 2.07. The van der Waals surface area contributed by atoms with Crippen molar-refractivity contribution in [3.05, 3.63) is 12.7 Å². The van der Waals surface area contributed by atoms with Gasteiger partial charge < -0.3 is 20.1 Å². The van der Waals surface area contributed by atoms with Gasteiger partial charge >= 0.3 is 12.2 Å². The summed E-state index contributed by atoms with van der Waals surface area (Å²) in [6.07, 6.45) is 7.55. The minimum absolute atomic E-state index is 0. The minimum atomic E-state index is -0.475. The van der Waals surface area contributed by atoms with Gasteiger partial charge in [-0.3, -0.25) is 0 Å². The Labute approximate surface area is 160 Å². The van der Waals surface area contributed by atoms with Crippen LogP contribution >= 0.6 is 0 Å². The van der Waals surface area contributed by atoms with Crippen molar-refractivity contribution >= 4 is 12.2 Å². The Bertz CT molecular complexity index is 488. The summed E-state index contributed by atoms with van der Waals surface area (Å²) in [7, 11) is 0. The number of amides is 2. The number of alkyl carbamates (subject to hydrolysis) is 2. The predicted octanol–water partition coefficient (Wildman–Crippen LogP) is 4.64. The Kier molecular flexibility index (Phi) is 12.3. The number of nitrogens with one attached hydrogen (secondary N) is 2. The largest absolute Gasteiger partial charge is 0.444 e. The van der Waals surface area contributed by atoms with Gasteiger partial charge in [0.25, 0.3) is 0 Å². The molecule has 0 spiro atoms. The summed E-state index contributed by atoms with van der Waals surface area (Å²) in [5, 5.41) is 5.27. The van der Waals surface area contributed by atoms with E-state index >= 15 is 0 Å². The molecule has 0 unspecified atom stereocenters. The molecule has 6 nitrogen and oxygen atoms in total. The molecule has 6 heteroatoms. The number of hydrogen-bond donors (Lipinski definition) is 2. The highest BCUT2D eigenvalue weighted by atomic mass is 16.6. The van der Waals surface area contributed by atoms with E-state index in [0.717, 1.165) is 6.42 Å². The molecule has 0 rings (SSSR count). The lowest BCUT2D eigenvalue weighted by Crippen LogP contribution is -2.38. The van der Waals surface area contributed by atoms with Crippen molar-refractivity contribution in [2.75, 3.05) is 0 Å². The smallest absolute Gasteiger partial charge is 0.408 e. The Morgan fingerprint density at radius 1 is 1.04 bits per heavy atom. The van der Waals surface area contributed by atoms with Gasteiger partial charge in [0, 0.05) is 7.47 Å². The maximum absolute atomic E-state index is 11.2. The second kappa shape index (κ2) is 12.2. The van der Waals surface area contributed by atoms with Gasteiger partial charge in [0.2, 0.25) is 0 Å².